The number of nitrogens with one attached hydrogen (secondary N) is 1. The molecule has 6 aromatic heterocycles. The fraction of sp³-hybridized carbons (Fsp3) is 0.458. The number of rotatable bonds is 31. The second-order valence-corrected chi connectivity index (χ2v) is 25.2. The molecule has 0 atom stereocenters. The molecule has 28 nitrogen and oxygen atoms in total. The number of benzene rings is 4. The molecular formula is C72H94N18O10. The number of imidazole rings is 3. The Kier molecular flexibility index (Phi) is 24.6. The molecule has 7 N–H and O–H groups in total. The summed E-state index contributed by atoms with van der Waals surface area (Å²) in [6.45, 7) is 16.6. The van der Waals surface area contributed by atoms with Crippen molar-refractivity contribution < 1.29 is 33.2 Å². The number of fused-ring (bicyclic) bond motifs is 3. The highest BCUT2D eigenvalue weighted by molar-refractivity contribution is 5.84. The Labute approximate surface area is 580 Å². The van der Waals surface area contributed by atoms with Crippen molar-refractivity contribution in [3.63, 3.8) is 0 Å². The third kappa shape index (κ3) is 17.8. The van der Waals surface area contributed by atoms with Crippen LogP contribution < -0.4 is 58.5 Å². The van der Waals surface area contributed by atoms with Crippen LogP contribution in [0.5, 0.6) is 23.8 Å². The highest BCUT2D eigenvalue weighted by Crippen LogP contribution is 2.29. The van der Waals surface area contributed by atoms with E-state index in [-0.39, 0.29) is 59.2 Å². The van der Waals surface area contributed by atoms with Crippen molar-refractivity contribution in [2.24, 2.45) is 5.92 Å². The van der Waals surface area contributed by atoms with Crippen LogP contribution in [-0.4, -0.2) is 168 Å². The second-order valence-electron chi connectivity index (χ2n) is 25.2. The van der Waals surface area contributed by atoms with E-state index in [1.54, 1.807) is 55.8 Å². The zero-order valence-electron chi connectivity index (χ0n) is 58.3. The van der Waals surface area contributed by atoms with Gasteiger partial charge in [0.15, 0.2) is 34.4 Å². The fourth-order valence-electron chi connectivity index (χ4n) is 12.8. The van der Waals surface area contributed by atoms with Gasteiger partial charge in [-0.25, -0.2) is 14.4 Å². The second kappa shape index (κ2) is 34.4. The number of methoxy groups -OCH3 is 4. The number of aryl methyl sites for hydroxylation is 2. The Morgan fingerprint density at radius 1 is 0.420 bits per heavy atom. The Morgan fingerprint density at radius 2 is 0.770 bits per heavy atom. The van der Waals surface area contributed by atoms with E-state index in [1.165, 1.54) is 55.2 Å². The van der Waals surface area contributed by atoms with Crippen LogP contribution in [0.2, 0.25) is 0 Å². The van der Waals surface area contributed by atoms with E-state index in [9.17, 15) is 14.4 Å². The first-order chi connectivity index (χ1) is 48.8. The monoisotopic (exact) mass is 1370 g/mol. The Bertz CT molecular complexity index is 4550. The topological polar surface area (TPSA) is 319 Å². The van der Waals surface area contributed by atoms with E-state index in [2.05, 4.69) is 81.4 Å². The summed E-state index contributed by atoms with van der Waals surface area (Å²) < 4.78 is 46.9. The van der Waals surface area contributed by atoms with Crippen LogP contribution in [0.1, 0.15) is 91.3 Å². The molecule has 532 valence electrons. The quantitative estimate of drug-likeness (QED) is 0.0335. The summed E-state index contributed by atoms with van der Waals surface area (Å²) in [6, 6.07) is 33.0. The summed E-state index contributed by atoms with van der Waals surface area (Å²) in [5.74, 6) is 2.24. The number of hydrogen-bond acceptors (Lipinski definition) is 22. The van der Waals surface area contributed by atoms with Crippen molar-refractivity contribution in [2.45, 2.75) is 111 Å². The number of hydrogen-bond donors (Lipinski definition) is 4. The summed E-state index contributed by atoms with van der Waals surface area (Å²) >= 11 is 0. The first-order valence-corrected chi connectivity index (χ1v) is 34.4. The average Bonchev–Trinajstić information content (AvgIpc) is 1.62. The molecule has 28 heteroatoms. The molecule has 3 fully saturated rings. The van der Waals surface area contributed by atoms with Crippen molar-refractivity contribution >= 4 is 50.9 Å². The fourth-order valence-corrected chi connectivity index (χ4v) is 12.8. The lowest BCUT2D eigenvalue weighted by Crippen LogP contribution is -2.25. The Morgan fingerprint density at radius 3 is 1.14 bits per heavy atom. The molecule has 2 saturated heterocycles. The van der Waals surface area contributed by atoms with E-state index in [0.29, 0.717) is 106 Å². The SMILES string of the molecule is CCn1c(=O)n(Cc2cccc(CN3CCCC3)c2)c2nc(OCCOC)nc(N)c21.CCn1c(=O)n(Cc2cccc(CNCC3CC3)c2)c2nc(OCCOC)nc(N)c21.COCCOc1nc(N)c2c(n1)n(Cc1cccc(CN3CCCC3)c1)c(=O)n2Cc1ccc(OC)cc1. The van der Waals surface area contributed by atoms with Gasteiger partial charge in [-0.15, -0.1) is 0 Å². The third-order valence-electron chi connectivity index (χ3n) is 17.9. The normalized spacial score (nSPS) is 14.0. The van der Waals surface area contributed by atoms with Crippen LogP contribution in [0.4, 0.5) is 17.5 Å². The minimum absolute atomic E-state index is 0.116. The van der Waals surface area contributed by atoms with Crippen LogP contribution in [-0.2, 0) is 73.1 Å². The Balaban J connectivity index is 0.000000152. The van der Waals surface area contributed by atoms with Gasteiger partial charge in [0, 0.05) is 54.1 Å². The predicted octanol–water partition coefficient (Wildman–Crippen LogP) is 6.53. The largest absolute Gasteiger partial charge is 0.497 e. The number of aromatic nitrogens is 12. The first kappa shape index (κ1) is 71.6. The molecule has 10 aromatic rings. The molecule has 0 spiro atoms. The summed E-state index contributed by atoms with van der Waals surface area (Å²) in [6.07, 6.45) is 7.69. The summed E-state index contributed by atoms with van der Waals surface area (Å²) in [5, 5.41) is 3.51. The molecular weight excluding hydrogens is 1280 g/mol. The van der Waals surface area contributed by atoms with Gasteiger partial charge in [-0.1, -0.05) is 84.9 Å². The van der Waals surface area contributed by atoms with E-state index in [4.69, 9.17) is 50.4 Å². The minimum Gasteiger partial charge on any atom is -0.497 e. The molecule has 8 heterocycles. The molecule has 4 aromatic carbocycles. The Hall–Kier alpha value is -9.71. The van der Waals surface area contributed by atoms with Gasteiger partial charge in [0.05, 0.1) is 53.1 Å². The number of likely N-dealkylation sites (tertiary alicyclic amines) is 2. The van der Waals surface area contributed by atoms with Gasteiger partial charge in [0.25, 0.3) is 0 Å². The van der Waals surface area contributed by atoms with Crippen LogP contribution in [0.15, 0.2) is 111 Å². The maximum atomic E-state index is 13.8. The highest BCUT2D eigenvalue weighted by atomic mass is 16.5. The number of ether oxygens (including phenoxy) is 7. The molecule has 0 bridgehead atoms. The van der Waals surface area contributed by atoms with Crippen LogP contribution in [0, 0.1) is 5.92 Å². The number of nitrogens with two attached hydrogens (primary N) is 3. The van der Waals surface area contributed by atoms with Gasteiger partial charge in [0.2, 0.25) is 0 Å². The maximum absolute atomic E-state index is 13.8. The van der Waals surface area contributed by atoms with E-state index in [1.807, 2.05) is 74.5 Å². The predicted molar refractivity (Wildman–Crippen MR) is 384 cm³/mol. The smallest absolute Gasteiger partial charge is 0.331 e. The van der Waals surface area contributed by atoms with Gasteiger partial charge < -0.3 is 55.7 Å². The number of anilines is 3. The van der Waals surface area contributed by atoms with Crippen molar-refractivity contribution in [1.29, 1.82) is 0 Å². The molecule has 100 heavy (non-hydrogen) atoms. The molecule has 13 rings (SSSR count). The van der Waals surface area contributed by atoms with Crippen molar-refractivity contribution in [3.05, 3.63) is 167 Å². The van der Waals surface area contributed by atoms with Crippen molar-refractivity contribution in [3.8, 4) is 23.8 Å². The van der Waals surface area contributed by atoms with Crippen molar-refractivity contribution in [2.75, 3.05) is 118 Å². The molecule has 1 aliphatic carbocycles. The number of nitrogens with zero attached hydrogens (tertiary/aromatic N) is 14. The standard InChI is InChI=1S/C28H34N6O4.2C22H30N6O3/c1-36-14-15-38-27-30-25(29)24-26(31-27)34(28(35)33(24)18-20-8-10-23(37-2)11-9-20)19-22-7-5-6-21(16-22)17-32-12-3-4-13-32;1-3-27-18-19(23)24-21(31-12-11-30-2)25-20(18)28(22(27)29)15-17-8-6-7-16(13-17)14-26-9-4-5-10-26;1-3-27-18-19(23)25-21(31-10-9-30-2)26-20(18)28(22(27)29)14-17-6-4-5-16(11-17)13-24-12-15-7-8-15/h5-11,16H,3-4,12-15,17-19H2,1-2H3,(H2,29,30,31);6-8,13H,3-5,9-12,14-15H2,1-2H3,(H2,23,24,25);4-6,11,15,24H,3,7-10,12-14H2,1-2H3,(H2,23,25,26). The molecule has 0 radical (unpaired) electrons. The van der Waals surface area contributed by atoms with Crippen LogP contribution in [0.25, 0.3) is 33.5 Å². The molecule has 2 aliphatic heterocycles. The van der Waals surface area contributed by atoms with E-state index < -0.39 is 0 Å². The molecule has 0 unspecified atom stereocenters. The zero-order chi connectivity index (χ0) is 70.1. The van der Waals surface area contributed by atoms with Gasteiger partial charge in [-0.2, -0.15) is 29.9 Å². The summed E-state index contributed by atoms with van der Waals surface area (Å²) in [5.41, 5.74) is 28.9. The maximum Gasteiger partial charge on any atom is 0.331 e. The van der Waals surface area contributed by atoms with E-state index >= 15 is 0 Å². The van der Waals surface area contributed by atoms with Crippen LogP contribution >= 0.6 is 0 Å². The van der Waals surface area contributed by atoms with Gasteiger partial charge in [-0.3, -0.25) is 37.2 Å². The van der Waals surface area contributed by atoms with Crippen molar-refractivity contribution in [1.82, 2.24) is 72.4 Å². The lowest BCUT2D eigenvalue weighted by Gasteiger charge is -2.15. The number of nitrogen functional groups attached to an aromatic ring is 3. The lowest BCUT2D eigenvalue weighted by atomic mass is 10.1. The summed E-state index contributed by atoms with van der Waals surface area (Å²) in [4.78, 5) is 71.4. The average molecular weight is 1370 g/mol. The molecule has 0 amide bonds. The zero-order valence-corrected chi connectivity index (χ0v) is 58.3. The molecule has 1 saturated carbocycles. The van der Waals surface area contributed by atoms with Gasteiger partial charge >= 0.3 is 35.1 Å². The van der Waals surface area contributed by atoms with E-state index in [0.717, 1.165) is 86.3 Å². The van der Waals surface area contributed by atoms with Gasteiger partial charge in [0.1, 0.15) is 42.1 Å². The first-order valence-electron chi connectivity index (χ1n) is 34.4. The summed E-state index contributed by atoms with van der Waals surface area (Å²) in [7, 11) is 6.41. The van der Waals surface area contributed by atoms with Gasteiger partial charge in [-0.05, 0) is 142 Å². The molecule has 3 aliphatic rings. The van der Waals surface area contributed by atoms with Crippen LogP contribution in [0.3, 0.4) is 0 Å². The minimum atomic E-state index is -0.212. The third-order valence-corrected chi connectivity index (χ3v) is 17.9. The highest BCUT2D eigenvalue weighted by Gasteiger charge is 2.25. The lowest BCUT2D eigenvalue weighted by molar-refractivity contribution is 0.141.